The first kappa shape index (κ1) is 20.3. The number of carbonyl (C=O) groups excluding carboxylic acids is 1. The number of aryl methyl sites for hydroxylation is 1. The summed E-state index contributed by atoms with van der Waals surface area (Å²) in [7, 11) is 1.49. The lowest BCUT2D eigenvalue weighted by Crippen LogP contribution is -2.40. The Labute approximate surface area is 180 Å². The summed E-state index contributed by atoms with van der Waals surface area (Å²) in [5.41, 5.74) is 1.79. The van der Waals surface area contributed by atoms with Crippen LogP contribution in [0.3, 0.4) is 0 Å². The summed E-state index contributed by atoms with van der Waals surface area (Å²) < 4.78 is 5.18. The second-order valence-electron chi connectivity index (χ2n) is 7.47. The van der Waals surface area contributed by atoms with Crippen molar-refractivity contribution in [3.05, 3.63) is 118 Å². The first-order chi connectivity index (χ1) is 15.0. The summed E-state index contributed by atoms with van der Waals surface area (Å²) in [4.78, 5) is 27.4. The van der Waals surface area contributed by atoms with Crippen LogP contribution in [-0.2, 0) is 21.5 Å². The van der Waals surface area contributed by atoms with E-state index in [9.17, 15) is 14.9 Å². The molecule has 0 aromatic heterocycles. The highest BCUT2D eigenvalue weighted by molar-refractivity contribution is 6.12. The largest absolute Gasteiger partial charge is 0.505 e. The highest BCUT2D eigenvalue weighted by Gasteiger charge is 2.53. The van der Waals surface area contributed by atoms with Gasteiger partial charge in [-0.15, -0.1) is 0 Å². The normalized spacial score (nSPS) is 17.7. The lowest BCUT2D eigenvalue weighted by molar-refractivity contribution is -0.386. The van der Waals surface area contributed by atoms with Gasteiger partial charge in [-0.2, -0.15) is 0 Å². The molecule has 1 heterocycles. The molecule has 4 rings (SSSR count). The summed E-state index contributed by atoms with van der Waals surface area (Å²) in [6.45, 7) is 2.04. The predicted molar refractivity (Wildman–Crippen MR) is 119 cm³/mol. The molecule has 1 aliphatic heterocycles. The number of nitro benzene ring substituents is 1. The summed E-state index contributed by atoms with van der Waals surface area (Å²) >= 11 is 0. The zero-order valence-corrected chi connectivity index (χ0v) is 17.3. The molecular formula is C25H22N2O4. The van der Waals surface area contributed by atoms with Crippen LogP contribution in [0.15, 0.2) is 85.1 Å². The minimum atomic E-state index is -1.37. The Morgan fingerprint density at radius 3 is 2.39 bits per heavy atom. The molecule has 0 radical (unpaired) electrons. The number of carbonyl (C=O) groups is 1. The van der Waals surface area contributed by atoms with E-state index in [0.717, 1.165) is 11.3 Å². The van der Waals surface area contributed by atoms with Crippen molar-refractivity contribution in [2.45, 2.75) is 18.9 Å². The lowest BCUT2D eigenvalue weighted by Gasteiger charge is -2.26. The number of nitrogens with zero attached hydrogens (tertiary/aromatic N) is 2. The molecule has 0 bridgehead atoms. The van der Waals surface area contributed by atoms with Gasteiger partial charge in [-0.3, -0.25) is 14.9 Å². The smallest absolute Gasteiger partial charge is 0.277 e. The maximum Gasteiger partial charge on any atom is 0.277 e. The standard InChI is InChI=1S/C25H22N2O4/c1-18-9-8-13-21(23(18)27(29)30)25(15-16-31-2)20-12-6-7-14-22(20)26(24(25)28)17-19-10-4-3-5-11-19/h3-16H,17H2,1-2H3/b16-15+/t25-/m1/s1. The second-order valence-corrected chi connectivity index (χ2v) is 7.47. The van der Waals surface area contributed by atoms with E-state index < -0.39 is 10.3 Å². The van der Waals surface area contributed by atoms with Crippen LogP contribution in [-0.4, -0.2) is 17.9 Å². The molecule has 6 heteroatoms. The van der Waals surface area contributed by atoms with Gasteiger partial charge < -0.3 is 9.64 Å². The van der Waals surface area contributed by atoms with Crippen molar-refractivity contribution in [2.75, 3.05) is 12.0 Å². The number of rotatable bonds is 6. The lowest BCUT2D eigenvalue weighted by atomic mass is 9.74. The Morgan fingerprint density at radius 1 is 1.00 bits per heavy atom. The minimum Gasteiger partial charge on any atom is -0.505 e. The maximum atomic E-state index is 14.1. The van der Waals surface area contributed by atoms with Crippen LogP contribution in [0.1, 0.15) is 22.3 Å². The van der Waals surface area contributed by atoms with E-state index in [2.05, 4.69) is 0 Å². The summed E-state index contributed by atoms with van der Waals surface area (Å²) in [5.74, 6) is -0.250. The van der Waals surface area contributed by atoms with Crippen LogP contribution in [0, 0.1) is 17.0 Å². The van der Waals surface area contributed by atoms with Gasteiger partial charge in [0.05, 0.1) is 30.4 Å². The molecule has 0 aliphatic carbocycles. The van der Waals surface area contributed by atoms with Gasteiger partial charge in [-0.05, 0) is 24.6 Å². The number of hydrogen-bond donors (Lipinski definition) is 0. The van der Waals surface area contributed by atoms with Crippen LogP contribution in [0.25, 0.3) is 0 Å². The van der Waals surface area contributed by atoms with Crippen molar-refractivity contribution in [3.63, 3.8) is 0 Å². The zero-order chi connectivity index (χ0) is 22.0. The van der Waals surface area contributed by atoms with Gasteiger partial charge >= 0.3 is 0 Å². The van der Waals surface area contributed by atoms with E-state index >= 15 is 0 Å². The van der Waals surface area contributed by atoms with E-state index in [1.54, 1.807) is 36.1 Å². The SMILES string of the molecule is CO/C=C/[C@@]1(c2cccc(C)c2[N+](=O)[O-])C(=O)N(Cc2ccccc2)c2ccccc21. The summed E-state index contributed by atoms with van der Waals surface area (Å²) in [6, 6.07) is 22.2. The number of ether oxygens (including phenoxy) is 1. The molecule has 3 aromatic rings. The molecular weight excluding hydrogens is 392 g/mol. The quantitative estimate of drug-likeness (QED) is 0.327. The first-order valence-corrected chi connectivity index (χ1v) is 9.91. The number of anilines is 1. The second kappa shape index (κ2) is 8.07. The number of fused-ring (bicyclic) bond motifs is 1. The average molecular weight is 414 g/mol. The van der Waals surface area contributed by atoms with Crippen molar-refractivity contribution < 1.29 is 14.5 Å². The molecule has 31 heavy (non-hydrogen) atoms. The molecule has 0 unspecified atom stereocenters. The Hall–Kier alpha value is -3.93. The molecule has 1 aliphatic rings. The van der Waals surface area contributed by atoms with Crippen molar-refractivity contribution in [1.82, 2.24) is 0 Å². The fourth-order valence-corrected chi connectivity index (χ4v) is 4.30. The van der Waals surface area contributed by atoms with Crippen LogP contribution < -0.4 is 4.90 Å². The van der Waals surface area contributed by atoms with Gasteiger partial charge in [0.25, 0.3) is 5.69 Å². The first-order valence-electron chi connectivity index (χ1n) is 9.91. The van der Waals surface area contributed by atoms with Crippen molar-refractivity contribution in [1.29, 1.82) is 0 Å². The van der Waals surface area contributed by atoms with Gasteiger partial charge in [0.2, 0.25) is 5.91 Å². The Bertz CT molecular complexity index is 1170. The van der Waals surface area contributed by atoms with E-state index in [-0.39, 0.29) is 11.6 Å². The molecule has 3 aromatic carbocycles. The van der Waals surface area contributed by atoms with Gasteiger partial charge in [0.15, 0.2) is 0 Å². The third-order valence-corrected chi connectivity index (χ3v) is 5.68. The van der Waals surface area contributed by atoms with E-state index in [1.165, 1.54) is 13.4 Å². The highest BCUT2D eigenvalue weighted by atomic mass is 16.6. The number of para-hydroxylation sites is 2. The zero-order valence-electron chi connectivity index (χ0n) is 17.3. The van der Waals surface area contributed by atoms with Gasteiger partial charge in [-0.1, -0.05) is 66.7 Å². The van der Waals surface area contributed by atoms with Gasteiger partial charge in [-0.25, -0.2) is 0 Å². The molecule has 0 N–H and O–H groups in total. The molecule has 0 fully saturated rings. The summed E-state index contributed by atoms with van der Waals surface area (Å²) in [5, 5.41) is 12.0. The Morgan fingerprint density at radius 2 is 1.68 bits per heavy atom. The van der Waals surface area contributed by atoms with Gasteiger partial charge in [0, 0.05) is 16.8 Å². The third kappa shape index (κ3) is 3.26. The number of methoxy groups -OCH3 is 1. The Kier molecular flexibility index (Phi) is 5.29. The monoisotopic (exact) mass is 414 g/mol. The number of hydrogen-bond acceptors (Lipinski definition) is 4. The van der Waals surface area contributed by atoms with E-state index in [0.29, 0.717) is 23.2 Å². The average Bonchev–Trinajstić information content (AvgIpc) is 3.01. The van der Waals surface area contributed by atoms with Crippen LogP contribution in [0.5, 0.6) is 0 Å². The summed E-state index contributed by atoms with van der Waals surface area (Å²) in [6.07, 6.45) is 3.05. The molecule has 0 saturated carbocycles. The predicted octanol–water partition coefficient (Wildman–Crippen LogP) is 4.90. The van der Waals surface area contributed by atoms with Crippen molar-refractivity contribution in [2.24, 2.45) is 0 Å². The number of benzene rings is 3. The minimum absolute atomic E-state index is 0.0621. The van der Waals surface area contributed by atoms with Crippen molar-refractivity contribution in [3.8, 4) is 0 Å². The van der Waals surface area contributed by atoms with Crippen LogP contribution in [0.2, 0.25) is 0 Å². The number of amides is 1. The Balaban J connectivity index is 1.99. The molecule has 1 atom stereocenters. The fraction of sp³-hybridized carbons (Fsp3) is 0.160. The van der Waals surface area contributed by atoms with E-state index in [1.807, 2.05) is 54.6 Å². The van der Waals surface area contributed by atoms with Crippen LogP contribution >= 0.6 is 0 Å². The van der Waals surface area contributed by atoms with Gasteiger partial charge in [0.1, 0.15) is 5.41 Å². The molecule has 0 spiro atoms. The third-order valence-electron chi connectivity index (χ3n) is 5.68. The molecule has 0 saturated heterocycles. The number of nitro groups is 1. The van der Waals surface area contributed by atoms with E-state index in [4.69, 9.17) is 4.74 Å². The fourth-order valence-electron chi connectivity index (χ4n) is 4.30. The van der Waals surface area contributed by atoms with Crippen LogP contribution in [0.4, 0.5) is 11.4 Å². The molecule has 156 valence electrons. The molecule has 1 amide bonds. The highest BCUT2D eigenvalue weighted by Crippen LogP contribution is 2.50. The van der Waals surface area contributed by atoms with Crippen molar-refractivity contribution >= 4 is 17.3 Å². The molecule has 6 nitrogen and oxygen atoms in total. The topological polar surface area (TPSA) is 72.7 Å². The maximum absolute atomic E-state index is 14.1.